The number of carbonyl (C=O) groups excluding carboxylic acids is 16. The van der Waals surface area contributed by atoms with E-state index in [0.29, 0.717) is 40.4 Å². The second-order valence-corrected chi connectivity index (χ2v) is 29.5. The van der Waals surface area contributed by atoms with E-state index < -0.39 is 212 Å². The molecule has 4 aromatic carbocycles. The van der Waals surface area contributed by atoms with Crippen molar-refractivity contribution in [2.24, 2.45) is 57.0 Å². The Morgan fingerprint density at radius 1 is 0.475 bits per heavy atom. The first-order valence-electron chi connectivity index (χ1n) is 38.2. The Morgan fingerprint density at radius 2 is 0.898 bits per heavy atom. The number of amides is 16. The lowest BCUT2D eigenvalue weighted by molar-refractivity contribution is -0.141. The molecule has 2 heterocycles. The van der Waals surface area contributed by atoms with Crippen molar-refractivity contribution < 1.29 is 92.0 Å². The number of aromatic nitrogens is 1. The zero-order chi connectivity index (χ0) is 87.0. The third-order valence-electron chi connectivity index (χ3n) is 18.9. The number of aromatic amines is 1. The summed E-state index contributed by atoms with van der Waals surface area (Å²) in [5.41, 5.74) is 41.9. The lowest BCUT2D eigenvalue weighted by Crippen LogP contribution is -2.62. The first kappa shape index (κ1) is 93.6. The summed E-state index contributed by atoms with van der Waals surface area (Å²) >= 11 is 0. The maximum Gasteiger partial charge on any atom is 0.245 e. The van der Waals surface area contributed by atoms with E-state index >= 15 is 0 Å². The van der Waals surface area contributed by atoms with Crippen LogP contribution in [0.2, 0.25) is 0 Å². The standard InChI is InChI=1S/C78H107N21O19/c1-40(2)28-49(79)77(118)99-27-11-17-61(99)76(117)97-59(36-64(82)105)73(114)93-55(32-44-20-24-47(102)25-21-44)70(111)95-57(34-62(80)103)72(113)94-56(33-45-37-87-50-15-9-8-14-48(45)50)71(112)96-58(35-63(81)104)74(115)98-60(39-100)75(116)92-54(31-43-18-22-46(101)23-19-43)67(108)88-38-65(106)89-53(29-41(3)4)69(110)90-51(16-10-26-86-78(84)85)68(109)91-52(66(83)107)30-42-12-6-5-7-13-42/h5-9,12-15,18-25,37,40-41,49,51-61,87,100-102H,10-11,16-17,26-36,38-39,79H2,1-4H3,(H2,80,103)(H2,81,104)(H2,82,105)(H2,83,107)(H,88,108)(H,89,106)(H,90,110)(H,91,109)(H,92,116)(H,93,114)(H,94,113)(H,95,111)(H,96,112)(H,97,117)(H,98,115)(H4,84,85,86)/t49-,51-,52-,53-,54-,55-,56-,57-,58-,59-,60-,61-/m0/s1. The molecule has 118 heavy (non-hydrogen) atoms. The van der Waals surface area contributed by atoms with Crippen LogP contribution in [0.5, 0.6) is 11.5 Å². The van der Waals surface area contributed by atoms with Gasteiger partial charge in [-0.25, -0.2) is 0 Å². The number of phenols is 2. The van der Waals surface area contributed by atoms with E-state index in [1.54, 1.807) is 68.4 Å². The second kappa shape index (κ2) is 45.7. The van der Waals surface area contributed by atoms with E-state index in [0.717, 1.165) is 0 Å². The third kappa shape index (κ3) is 30.5. The molecule has 1 saturated heterocycles. The number of H-pyrrole nitrogens is 1. The van der Waals surface area contributed by atoms with Gasteiger partial charge in [0.25, 0.3) is 0 Å². The summed E-state index contributed by atoms with van der Waals surface area (Å²) in [6, 6.07) is 6.77. The van der Waals surface area contributed by atoms with Crippen molar-refractivity contribution in [2.45, 2.75) is 184 Å². The van der Waals surface area contributed by atoms with Gasteiger partial charge < -0.3 is 124 Å². The van der Waals surface area contributed by atoms with Crippen molar-refractivity contribution in [2.75, 3.05) is 26.2 Å². The molecule has 1 aliphatic rings. The summed E-state index contributed by atoms with van der Waals surface area (Å²) in [5, 5.41) is 58.3. The molecule has 0 unspecified atom stereocenters. The zero-order valence-corrected chi connectivity index (χ0v) is 65.8. The maximum absolute atomic E-state index is 14.9. The van der Waals surface area contributed by atoms with Gasteiger partial charge in [0.1, 0.15) is 78.0 Å². The molecular formula is C78H107N21O19. The second-order valence-electron chi connectivity index (χ2n) is 29.5. The molecule has 29 N–H and O–H groups in total. The van der Waals surface area contributed by atoms with E-state index in [4.69, 9.17) is 40.1 Å². The molecule has 0 aliphatic carbocycles. The number of nitrogens with one attached hydrogen (secondary N) is 12. The smallest absolute Gasteiger partial charge is 0.245 e. The van der Waals surface area contributed by atoms with Crippen LogP contribution in [-0.4, -0.2) is 224 Å². The van der Waals surface area contributed by atoms with E-state index in [-0.39, 0.29) is 86.5 Å². The van der Waals surface area contributed by atoms with Gasteiger partial charge in [-0.3, -0.25) is 81.7 Å². The van der Waals surface area contributed by atoms with Gasteiger partial charge in [-0.15, -0.1) is 0 Å². The molecule has 12 atom stereocenters. The number of phenolic OH excluding ortho intramolecular Hbond substituents is 2. The highest BCUT2D eigenvalue weighted by Crippen LogP contribution is 2.23. The van der Waals surface area contributed by atoms with Crippen LogP contribution in [-0.2, 0) is 102 Å². The number of nitrogens with two attached hydrogens (primary N) is 7. The van der Waals surface area contributed by atoms with Gasteiger partial charge in [0.05, 0.1) is 38.5 Å². The van der Waals surface area contributed by atoms with Crippen LogP contribution in [0.1, 0.15) is 108 Å². The fourth-order valence-corrected chi connectivity index (χ4v) is 13.0. The molecule has 40 nitrogen and oxygen atoms in total. The molecule has 1 aromatic heterocycles. The number of aromatic hydroxyl groups is 2. The van der Waals surface area contributed by atoms with E-state index in [9.17, 15) is 92.0 Å². The Morgan fingerprint density at radius 3 is 1.41 bits per heavy atom. The van der Waals surface area contributed by atoms with Gasteiger partial charge in [-0.2, -0.15) is 0 Å². The molecule has 1 aliphatic heterocycles. The lowest BCUT2D eigenvalue weighted by Gasteiger charge is -2.29. The molecule has 0 spiro atoms. The quantitative estimate of drug-likeness (QED) is 0.00981. The number of fused-ring (bicyclic) bond motifs is 1. The zero-order valence-electron chi connectivity index (χ0n) is 65.8. The van der Waals surface area contributed by atoms with Gasteiger partial charge in [0, 0.05) is 55.9 Å². The molecule has 0 radical (unpaired) electrons. The predicted octanol–water partition coefficient (Wildman–Crippen LogP) is -5.62. The molecule has 16 amide bonds. The highest BCUT2D eigenvalue weighted by Gasteiger charge is 2.41. The minimum atomic E-state index is -2.05. The number of rotatable bonds is 47. The monoisotopic (exact) mass is 1640 g/mol. The number of para-hydroxylation sites is 1. The molecule has 1 fully saturated rings. The van der Waals surface area contributed by atoms with Gasteiger partial charge in [0.15, 0.2) is 5.96 Å². The number of primary amides is 4. The van der Waals surface area contributed by atoms with Crippen LogP contribution in [0.4, 0.5) is 0 Å². The topological polar surface area (TPSA) is 680 Å². The highest BCUT2D eigenvalue weighted by atomic mass is 16.3. The van der Waals surface area contributed by atoms with Crippen LogP contribution in [0, 0.1) is 11.8 Å². The van der Waals surface area contributed by atoms with E-state index in [2.05, 4.69) is 68.5 Å². The summed E-state index contributed by atoms with van der Waals surface area (Å²) in [7, 11) is 0. The van der Waals surface area contributed by atoms with E-state index in [1.165, 1.54) is 59.6 Å². The minimum Gasteiger partial charge on any atom is -0.508 e. The van der Waals surface area contributed by atoms with Crippen LogP contribution >= 0.6 is 0 Å². The molecule has 638 valence electrons. The number of aliphatic hydroxyl groups is 1. The Labute approximate surface area is 679 Å². The van der Waals surface area contributed by atoms with Crippen molar-refractivity contribution in [3.05, 3.63) is 132 Å². The first-order chi connectivity index (χ1) is 55.9. The van der Waals surface area contributed by atoms with Crippen LogP contribution < -0.4 is 98.6 Å². The highest BCUT2D eigenvalue weighted by molar-refractivity contribution is 6.02. The van der Waals surface area contributed by atoms with Crippen molar-refractivity contribution in [3.8, 4) is 11.5 Å². The third-order valence-corrected chi connectivity index (χ3v) is 18.9. The lowest BCUT2D eigenvalue weighted by atomic mass is 10.0. The number of likely N-dealkylation sites (tertiary alicyclic amines) is 1. The molecule has 6 rings (SSSR count). The SMILES string of the molecule is CC(C)C[C@H](NC(=O)CNC(=O)[C@H](Cc1ccc(O)cc1)NC(=O)[C@H](CO)NC(=O)[C@H](CC(N)=O)NC(=O)[C@H](Cc1c[nH]c2ccccc12)NC(=O)[C@H](CC(N)=O)NC(=O)[C@H](Cc1ccc(O)cc1)NC(=O)[C@H](CC(N)=O)NC(=O)[C@@H]1CCCN1C(=O)[C@@H](N)CC(C)C)C(=O)N[C@@H](CCCN=C(N)N)C(=O)N[C@@H](Cc1ccccc1)C(N)=O. The van der Waals surface area contributed by atoms with E-state index in [1.807, 2.05) is 13.8 Å². The van der Waals surface area contributed by atoms with Gasteiger partial charge >= 0.3 is 0 Å². The molecule has 5 aromatic rings. The van der Waals surface area contributed by atoms with Crippen LogP contribution in [0.3, 0.4) is 0 Å². The molecule has 40 heteroatoms. The van der Waals surface area contributed by atoms with Gasteiger partial charge in [-0.05, 0) is 103 Å². The van der Waals surface area contributed by atoms with Crippen molar-refractivity contribution >= 4 is 111 Å². The predicted molar refractivity (Wildman–Crippen MR) is 427 cm³/mol. The minimum absolute atomic E-state index is 0.0117. The number of carbonyl (C=O) groups is 16. The normalized spacial score (nSPS) is 15.2. The van der Waals surface area contributed by atoms with Crippen LogP contribution in [0.25, 0.3) is 10.9 Å². The summed E-state index contributed by atoms with van der Waals surface area (Å²) in [4.78, 5) is 230. The Bertz CT molecular complexity index is 4410. The largest absolute Gasteiger partial charge is 0.508 e. The average molecular weight is 1640 g/mol. The Hall–Kier alpha value is -13.3. The fraction of sp³-hybridized carbons (Fsp3) is 0.449. The van der Waals surface area contributed by atoms with Gasteiger partial charge in [0.2, 0.25) is 94.5 Å². The number of benzene rings is 4. The number of aliphatic imine (C=N–C) groups is 1. The van der Waals surface area contributed by atoms with Crippen molar-refractivity contribution in [1.29, 1.82) is 0 Å². The molecular weight excluding hydrogens is 1530 g/mol. The summed E-state index contributed by atoms with van der Waals surface area (Å²) in [6.07, 6.45) is -1.70. The molecule has 0 bridgehead atoms. The summed E-state index contributed by atoms with van der Waals surface area (Å²) in [5.74, 6) is -17.8. The number of nitrogens with zero attached hydrogens (tertiary/aromatic N) is 2. The first-order valence-corrected chi connectivity index (χ1v) is 38.2. The number of guanidine groups is 1. The summed E-state index contributed by atoms with van der Waals surface area (Å²) < 4.78 is 0. The number of aliphatic hydroxyl groups excluding tert-OH is 1. The van der Waals surface area contributed by atoms with Crippen molar-refractivity contribution in [3.63, 3.8) is 0 Å². The number of hydrogen-bond donors (Lipinski definition) is 22. The molecule has 0 saturated carbocycles. The maximum atomic E-state index is 14.9. The number of hydrogen-bond acceptors (Lipinski definition) is 21. The summed E-state index contributed by atoms with van der Waals surface area (Å²) in [6.45, 7) is 5.32. The van der Waals surface area contributed by atoms with Crippen molar-refractivity contribution in [1.82, 2.24) is 68.4 Å². The van der Waals surface area contributed by atoms with Crippen LogP contribution in [0.15, 0.2) is 114 Å². The Kier molecular flexibility index (Phi) is 36.3. The Balaban J connectivity index is 1.21. The fourth-order valence-electron chi connectivity index (χ4n) is 13.0. The average Bonchev–Trinajstić information content (AvgIpc) is 0.973. The van der Waals surface area contributed by atoms with Gasteiger partial charge in [-0.1, -0.05) is 100 Å².